The first-order valence-electron chi connectivity index (χ1n) is 5.46. The van der Waals surface area contributed by atoms with Gasteiger partial charge in [0.2, 0.25) is 0 Å². The van der Waals surface area contributed by atoms with Gasteiger partial charge in [0.05, 0.1) is 0 Å². The molecule has 0 radical (unpaired) electrons. The van der Waals surface area contributed by atoms with Crippen LogP contribution in [0.2, 0.25) is 4.34 Å². The molecule has 2 rings (SSSR count). The first kappa shape index (κ1) is 14.0. The highest BCUT2D eigenvalue weighted by molar-refractivity contribution is 9.10. The van der Waals surface area contributed by atoms with E-state index in [1.54, 1.807) is 11.3 Å². The smallest absolute Gasteiger partial charge is 0.123 e. The lowest BCUT2D eigenvalue weighted by molar-refractivity contribution is 0.597. The van der Waals surface area contributed by atoms with Crippen LogP contribution in [0.25, 0.3) is 0 Å². The summed E-state index contributed by atoms with van der Waals surface area (Å²) in [6.45, 7) is 0. The summed E-state index contributed by atoms with van der Waals surface area (Å²) >= 11 is 11.0. The molecule has 18 heavy (non-hydrogen) atoms. The van der Waals surface area contributed by atoms with E-state index in [2.05, 4.69) is 21.2 Å². The van der Waals surface area contributed by atoms with E-state index in [0.717, 1.165) is 20.8 Å². The maximum Gasteiger partial charge on any atom is 0.123 e. The van der Waals surface area contributed by atoms with E-state index in [4.69, 9.17) is 11.6 Å². The minimum atomic E-state index is -0.207. The lowest BCUT2D eigenvalue weighted by Crippen LogP contribution is -2.17. The van der Waals surface area contributed by atoms with Crippen molar-refractivity contribution in [2.45, 2.75) is 12.5 Å². The summed E-state index contributed by atoms with van der Waals surface area (Å²) in [5.74, 6) is -0.207. The van der Waals surface area contributed by atoms with Crippen LogP contribution in [-0.4, -0.2) is 7.05 Å². The van der Waals surface area contributed by atoms with Gasteiger partial charge in [0, 0.05) is 15.4 Å². The van der Waals surface area contributed by atoms with E-state index in [-0.39, 0.29) is 11.9 Å². The van der Waals surface area contributed by atoms with Crippen LogP contribution in [0.4, 0.5) is 4.39 Å². The quantitative estimate of drug-likeness (QED) is 0.836. The predicted molar refractivity (Wildman–Crippen MR) is 78.9 cm³/mol. The Bertz CT molecular complexity index is 507. The Balaban J connectivity index is 2.16. The van der Waals surface area contributed by atoms with E-state index in [9.17, 15) is 4.39 Å². The Morgan fingerprint density at radius 3 is 2.56 bits per heavy atom. The summed E-state index contributed by atoms with van der Waals surface area (Å²) in [6, 6.07) is 8.80. The van der Waals surface area contributed by atoms with E-state index in [1.165, 1.54) is 17.0 Å². The average molecular weight is 349 g/mol. The van der Waals surface area contributed by atoms with E-state index < -0.39 is 0 Å². The first-order valence-corrected chi connectivity index (χ1v) is 7.45. The molecule has 96 valence electrons. The number of nitrogens with one attached hydrogen (secondary N) is 1. The lowest BCUT2D eigenvalue weighted by atomic mass is 10.0. The fourth-order valence-corrected chi connectivity index (χ4v) is 3.58. The fraction of sp³-hybridized carbons (Fsp3) is 0.231. The van der Waals surface area contributed by atoms with Gasteiger partial charge in [-0.3, -0.25) is 0 Å². The van der Waals surface area contributed by atoms with E-state index >= 15 is 0 Å². The van der Waals surface area contributed by atoms with E-state index in [1.807, 2.05) is 25.2 Å². The molecule has 0 aliphatic heterocycles. The molecule has 1 aromatic carbocycles. The molecule has 1 heterocycles. The van der Waals surface area contributed by atoms with Crippen molar-refractivity contribution in [1.82, 2.24) is 5.32 Å². The number of hydrogen-bond acceptors (Lipinski definition) is 2. The van der Waals surface area contributed by atoms with Crippen molar-refractivity contribution in [2.24, 2.45) is 0 Å². The van der Waals surface area contributed by atoms with Gasteiger partial charge in [-0.2, -0.15) is 0 Å². The lowest BCUT2D eigenvalue weighted by Gasteiger charge is -2.14. The van der Waals surface area contributed by atoms with Gasteiger partial charge >= 0.3 is 0 Å². The Morgan fingerprint density at radius 1 is 1.39 bits per heavy atom. The van der Waals surface area contributed by atoms with Crippen LogP contribution in [0.1, 0.15) is 16.5 Å². The van der Waals surface area contributed by atoms with Gasteiger partial charge in [-0.25, -0.2) is 4.39 Å². The zero-order chi connectivity index (χ0) is 13.1. The minimum absolute atomic E-state index is 0.185. The number of thiophene rings is 1. The molecule has 0 bridgehead atoms. The zero-order valence-electron chi connectivity index (χ0n) is 9.71. The second-order valence-corrected chi connectivity index (χ2v) is 6.48. The molecular formula is C13H12BrClFNS. The van der Waals surface area contributed by atoms with Gasteiger partial charge in [-0.05, 0) is 53.2 Å². The maximum absolute atomic E-state index is 12.8. The molecule has 1 unspecified atom stereocenters. The van der Waals surface area contributed by atoms with Crippen molar-refractivity contribution in [3.8, 4) is 0 Å². The molecule has 5 heteroatoms. The number of rotatable bonds is 4. The first-order chi connectivity index (χ1) is 8.60. The van der Waals surface area contributed by atoms with Crippen LogP contribution in [0, 0.1) is 5.82 Å². The number of hydrogen-bond donors (Lipinski definition) is 1. The third-order valence-electron chi connectivity index (χ3n) is 2.71. The summed E-state index contributed by atoms with van der Waals surface area (Å²) in [5.41, 5.74) is 1.09. The molecule has 0 amide bonds. The van der Waals surface area contributed by atoms with Crippen LogP contribution in [0.15, 0.2) is 34.8 Å². The predicted octanol–water partition coefficient (Wildman–Crippen LogP) is 4.81. The van der Waals surface area contributed by atoms with Crippen molar-refractivity contribution in [3.05, 3.63) is 55.4 Å². The van der Waals surface area contributed by atoms with Gasteiger partial charge in [-0.15, -0.1) is 11.3 Å². The molecule has 1 aromatic heterocycles. The Kier molecular flexibility index (Phi) is 4.78. The maximum atomic E-state index is 12.8. The summed E-state index contributed by atoms with van der Waals surface area (Å²) in [5, 5.41) is 3.26. The Labute approximate surface area is 123 Å². The number of likely N-dealkylation sites (N-methyl/N-ethyl adjacent to an activating group) is 1. The standard InChI is InChI=1S/C13H12BrClFNS/c1-17-11(12-7-10(14)13(15)18-12)6-8-2-4-9(16)5-3-8/h2-5,7,11,17H,6H2,1H3. The topological polar surface area (TPSA) is 12.0 Å². The molecule has 1 nitrogen and oxygen atoms in total. The summed E-state index contributed by atoms with van der Waals surface area (Å²) < 4.78 is 14.5. The summed E-state index contributed by atoms with van der Waals surface area (Å²) in [4.78, 5) is 1.17. The normalized spacial score (nSPS) is 12.7. The van der Waals surface area contributed by atoms with Gasteiger partial charge in [0.15, 0.2) is 0 Å². The molecule has 1 atom stereocenters. The van der Waals surface area contributed by atoms with Gasteiger partial charge in [-0.1, -0.05) is 23.7 Å². The SMILES string of the molecule is CNC(Cc1ccc(F)cc1)c1cc(Br)c(Cl)s1. The van der Waals surface area contributed by atoms with Crippen LogP contribution in [-0.2, 0) is 6.42 Å². The van der Waals surface area contributed by atoms with Crippen molar-refractivity contribution in [2.75, 3.05) is 7.05 Å². The number of benzene rings is 1. The molecule has 0 spiro atoms. The van der Waals surface area contributed by atoms with Gasteiger partial charge in [0.25, 0.3) is 0 Å². The monoisotopic (exact) mass is 347 g/mol. The Hall–Kier alpha value is -0.420. The van der Waals surface area contributed by atoms with Gasteiger partial charge in [0.1, 0.15) is 10.2 Å². The number of halogens is 3. The third kappa shape index (κ3) is 3.32. The van der Waals surface area contributed by atoms with Crippen LogP contribution in [0.5, 0.6) is 0 Å². The molecule has 0 aliphatic rings. The van der Waals surface area contributed by atoms with Gasteiger partial charge < -0.3 is 5.32 Å². The molecule has 0 aliphatic carbocycles. The minimum Gasteiger partial charge on any atom is -0.312 e. The molecular weight excluding hydrogens is 337 g/mol. The van der Waals surface area contributed by atoms with Crippen molar-refractivity contribution < 1.29 is 4.39 Å². The summed E-state index contributed by atoms with van der Waals surface area (Å²) in [7, 11) is 1.91. The fourth-order valence-electron chi connectivity index (χ4n) is 1.74. The molecule has 0 fully saturated rings. The highest BCUT2D eigenvalue weighted by Crippen LogP contribution is 2.36. The second-order valence-electron chi connectivity index (χ2n) is 3.94. The molecule has 0 saturated heterocycles. The van der Waals surface area contributed by atoms with Crippen LogP contribution < -0.4 is 5.32 Å². The van der Waals surface area contributed by atoms with Crippen LogP contribution >= 0.6 is 38.9 Å². The summed E-state index contributed by atoms with van der Waals surface area (Å²) in [6.07, 6.45) is 0.806. The third-order valence-corrected chi connectivity index (χ3v) is 5.30. The molecule has 0 saturated carbocycles. The second kappa shape index (κ2) is 6.15. The average Bonchev–Trinajstić information content (AvgIpc) is 2.69. The highest BCUT2D eigenvalue weighted by Gasteiger charge is 2.14. The van der Waals surface area contributed by atoms with Crippen molar-refractivity contribution >= 4 is 38.9 Å². The van der Waals surface area contributed by atoms with Crippen molar-refractivity contribution in [1.29, 1.82) is 0 Å². The largest absolute Gasteiger partial charge is 0.312 e. The van der Waals surface area contributed by atoms with Crippen LogP contribution in [0.3, 0.4) is 0 Å². The molecule has 1 N–H and O–H groups in total. The Morgan fingerprint density at radius 2 is 2.06 bits per heavy atom. The van der Waals surface area contributed by atoms with Crippen molar-refractivity contribution in [3.63, 3.8) is 0 Å². The van der Waals surface area contributed by atoms with E-state index in [0.29, 0.717) is 0 Å². The molecule has 2 aromatic rings. The highest BCUT2D eigenvalue weighted by atomic mass is 79.9. The zero-order valence-corrected chi connectivity index (χ0v) is 12.9.